The van der Waals surface area contributed by atoms with Crippen LogP contribution in [0.3, 0.4) is 0 Å². The molecule has 6 heteroatoms. The standard InChI is InChI=1S/C13H18O6/c1-7(14)18-10-6-11-8(4-12(15)19-11)9(10)5-13-16-2-3-17-13/h8-11,13H,2-6H2,1H3. The minimum atomic E-state index is -0.297. The molecule has 0 aromatic heterocycles. The molecule has 6 nitrogen and oxygen atoms in total. The molecular formula is C13H18O6. The lowest BCUT2D eigenvalue weighted by molar-refractivity contribution is -0.151. The van der Waals surface area contributed by atoms with Crippen molar-refractivity contribution in [2.24, 2.45) is 11.8 Å². The molecule has 0 aromatic carbocycles. The van der Waals surface area contributed by atoms with Crippen LogP contribution in [0, 0.1) is 11.8 Å². The van der Waals surface area contributed by atoms with E-state index in [1.165, 1.54) is 6.92 Å². The van der Waals surface area contributed by atoms with Gasteiger partial charge in [0.15, 0.2) is 6.29 Å². The first-order valence-corrected chi connectivity index (χ1v) is 6.73. The average Bonchev–Trinajstić information content (AvgIpc) is 2.99. The summed E-state index contributed by atoms with van der Waals surface area (Å²) >= 11 is 0. The number of esters is 2. The van der Waals surface area contributed by atoms with Crippen LogP contribution in [0.4, 0.5) is 0 Å². The molecule has 3 fully saturated rings. The molecule has 106 valence electrons. The lowest BCUT2D eigenvalue weighted by Gasteiger charge is -2.24. The summed E-state index contributed by atoms with van der Waals surface area (Å²) in [6.45, 7) is 2.60. The predicted molar refractivity (Wildman–Crippen MR) is 62.0 cm³/mol. The highest BCUT2D eigenvalue weighted by Crippen LogP contribution is 2.45. The largest absolute Gasteiger partial charge is 0.462 e. The highest BCUT2D eigenvalue weighted by atomic mass is 16.7. The number of hydrogen-bond acceptors (Lipinski definition) is 6. The molecular weight excluding hydrogens is 252 g/mol. The van der Waals surface area contributed by atoms with Gasteiger partial charge in [-0.2, -0.15) is 0 Å². The van der Waals surface area contributed by atoms with Gasteiger partial charge in [0.05, 0.1) is 19.6 Å². The predicted octanol–water partition coefficient (Wildman–Crippen LogP) is 0.633. The second kappa shape index (κ2) is 5.09. The first-order valence-electron chi connectivity index (χ1n) is 6.73. The molecule has 0 aromatic rings. The quantitative estimate of drug-likeness (QED) is 0.701. The zero-order valence-corrected chi connectivity index (χ0v) is 10.9. The smallest absolute Gasteiger partial charge is 0.306 e. The Morgan fingerprint density at radius 2 is 2.11 bits per heavy atom. The van der Waals surface area contributed by atoms with Crippen LogP contribution in [0.15, 0.2) is 0 Å². The number of hydrogen-bond donors (Lipinski definition) is 0. The van der Waals surface area contributed by atoms with Gasteiger partial charge < -0.3 is 18.9 Å². The number of fused-ring (bicyclic) bond motifs is 1. The van der Waals surface area contributed by atoms with E-state index in [4.69, 9.17) is 18.9 Å². The maximum Gasteiger partial charge on any atom is 0.306 e. The zero-order chi connectivity index (χ0) is 13.4. The second-order valence-electron chi connectivity index (χ2n) is 5.35. The fourth-order valence-electron chi connectivity index (χ4n) is 3.40. The third-order valence-corrected chi connectivity index (χ3v) is 4.13. The first-order chi connectivity index (χ1) is 9.13. The minimum absolute atomic E-state index is 0.0726. The molecule has 0 N–H and O–H groups in total. The van der Waals surface area contributed by atoms with Crippen molar-refractivity contribution in [3.63, 3.8) is 0 Å². The van der Waals surface area contributed by atoms with Crippen LogP contribution < -0.4 is 0 Å². The average molecular weight is 270 g/mol. The maximum atomic E-state index is 11.4. The highest BCUT2D eigenvalue weighted by molar-refractivity contribution is 5.72. The lowest BCUT2D eigenvalue weighted by atomic mass is 9.89. The van der Waals surface area contributed by atoms with Crippen molar-refractivity contribution in [3.8, 4) is 0 Å². The molecule has 2 heterocycles. The molecule has 0 radical (unpaired) electrons. The molecule has 0 spiro atoms. The van der Waals surface area contributed by atoms with Gasteiger partial charge in [-0.05, 0) is 0 Å². The van der Waals surface area contributed by atoms with Crippen molar-refractivity contribution in [1.82, 2.24) is 0 Å². The summed E-state index contributed by atoms with van der Waals surface area (Å²) in [7, 11) is 0. The van der Waals surface area contributed by atoms with E-state index >= 15 is 0 Å². The molecule has 0 amide bonds. The normalized spacial score (nSPS) is 38.3. The Labute approximate surface area is 111 Å². The van der Waals surface area contributed by atoms with Gasteiger partial charge >= 0.3 is 11.9 Å². The number of rotatable bonds is 3. The molecule has 1 aliphatic carbocycles. The van der Waals surface area contributed by atoms with E-state index in [1.807, 2.05) is 0 Å². The second-order valence-corrected chi connectivity index (χ2v) is 5.35. The summed E-state index contributed by atoms with van der Waals surface area (Å²) in [5.41, 5.74) is 0. The van der Waals surface area contributed by atoms with Crippen LogP contribution in [0.2, 0.25) is 0 Å². The van der Waals surface area contributed by atoms with Crippen molar-refractivity contribution in [1.29, 1.82) is 0 Å². The van der Waals surface area contributed by atoms with Crippen LogP contribution >= 0.6 is 0 Å². The van der Waals surface area contributed by atoms with E-state index in [0.29, 0.717) is 32.5 Å². The van der Waals surface area contributed by atoms with Crippen molar-refractivity contribution in [2.45, 2.75) is 44.7 Å². The molecule has 3 rings (SSSR count). The zero-order valence-electron chi connectivity index (χ0n) is 10.9. The highest BCUT2D eigenvalue weighted by Gasteiger charge is 2.52. The number of carbonyl (C=O) groups excluding carboxylic acids is 2. The van der Waals surface area contributed by atoms with E-state index in [1.54, 1.807) is 0 Å². The molecule has 1 saturated carbocycles. The fraction of sp³-hybridized carbons (Fsp3) is 0.846. The Balaban J connectivity index is 1.69. The molecule has 19 heavy (non-hydrogen) atoms. The van der Waals surface area contributed by atoms with E-state index < -0.39 is 0 Å². The van der Waals surface area contributed by atoms with Crippen LogP contribution in [0.5, 0.6) is 0 Å². The molecule has 4 unspecified atom stereocenters. The van der Waals surface area contributed by atoms with Crippen molar-refractivity contribution >= 4 is 11.9 Å². The lowest BCUT2D eigenvalue weighted by Crippen LogP contribution is -2.29. The molecule has 4 atom stereocenters. The van der Waals surface area contributed by atoms with Crippen LogP contribution in [0.1, 0.15) is 26.2 Å². The number of carbonyl (C=O) groups is 2. The number of ether oxygens (including phenoxy) is 4. The summed E-state index contributed by atoms with van der Waals surface area (Å²) in [6, 6.07) is 0. The van der Waals surface area contributed by atoms with Crippen LogP contribution in [0.25, 0.3) is 0 Å². The summed E-state index contributed by atoms with van der Waals surface area (Å²) in [6.07, 6.45) is 1.07. The summed E-state index contributed by atoms with van der Waals surface area (Å²) < 4.78 is 21.6. The monoisotopic (exact) mass is 270 g/mol. The first kappa shape index (κ1) is 12.9. The van der Waals surface area contributed by atoms with Gasteiger partial charge in [0, 0.05) is 31.6 Å². The minimum Gasteiger partial charge on any atom is -0.462 e. The van der Waals surface area contributed by atoms with E-state index in [-0.39, 0.29) is 42.3 Å². The Bertz CT molecular complexity index is 375. The third-order valence-electron chi connectivity index (χ3n) is 4.13. The van der Waals surface area contributed by atoms with Gasteiger partial charge in [-0.3, -0.25) is 9.59 Å². The Morgan fingerprint density at radius 3 is 2.79 bits per heavy atom. The summed E-state index contributed by atoms with van der Waals surface area (Å²) in [5, 5.41) is 0. The van der Waals surface area contributed by atoms with E-state index in [2.05, 4.69) is 0 Å². The summed E-state index contributed by atoms with van der Waals surface area (Å²) in [4.78, 5) is 22.5. The van der Waals surface area contributed by atoms with Gasteiger partial charge in [0.25, 0.3) is 0 Å². The van der Waals surface area contributed by atoms with Crippen molar-refractivity contribution < 1.29 is 28.5 Å². The van der Waals surface area contributed by atoms with Crippen LogP contribution in [-0.4, -0.2) is 43.7 Å². The topological polar surface area (TPSA) is 71.1 Å². The fourth-order valence-corrected chi connectivity index (χ4v) is 3.40. The summed E-state index contributed by atoms with van der Waals surface area (Å²) in [5.74, 6) is -0.266. The Morgan fingerprint density at radius 1 is 1.37 bits per heavy atom. The molecule has 3 aliphatic rings. The molecule has 0 bridgehead atoms. The Kier molecular flexibility index (Phi) is 3.45. The Hall–Kier alpha value is -1.14. The maximum absolute atomic E-state index is 11.4. The molecule has 2 saturated heterocycles. The van der Waals surface area contributed by atoms with Crippen LogP contribution in [-0.2, 0) is 28.5 Å². The third kappa shape index (κ3) is 2.60. The van der Waals surface area contributed by atoms with Gasteiger partial charge in [0.1, 0.15) is 12.2 Å². The van der Waals surface area contributed by atoms with Gasteiger partial charge in [-0.15, -0.1) is 0 Å². The van der Waals surface area contributed by atoms with E-state index in [0.717, 1.165) is 0 Å². The van der Waals surface area contributed by atoms with Crippen molar-refractivity contribution in [3.05, 3.63) is 0 Å². The van der Waals surface area contributed by atoms with Gasteiger partial charge in [-0.25, -0.2) is 0 Å². The van der Waals surface area contributed by atoms with Gasteiger partial charge in [-0.1, -0.05) is 0 Å². The molecule has 2 aliphatic heterocycles. The SMILES string of the molecule is CC(=O)OC1CC2OC(=O)CC2C1CC1OCCO1. The van der Waals surface area contributed by atoms with E-state index in [9.17, 15) is 9.59 Å². The van der Waals surface area contributed by atoms with Crippen molar-refractivity contribution in [2.75, 3.05) is 13.2 Å². The van der Waals surface area contributed by atoms with Gasteiger partial charge in [0.2, 0.25) is 0 Å².